The summed E-state index contributed by atoms with van der Waals surface area (Å²) in [6.07, 6.45) is 2.16. The maximum absolute atomic E-state index is 11.7. The Morgan fingerprint density at radius 1 is 1.05 bits per heavy atom. The molecule has 2 fully saturated rings. The number of esters is 4. The minimum absolute atomic E-state index is 0.0563. The SMILES string of the molecule is CC1=CC2(CC(=O)OC(=O)C2)CC2C(=O)OC(=O)C12. The molecule has 2 aliphatic heterocycles. The van der Waals surface area contributed by atoms with Crippen LogP contribution in [0.2, 0.25) is 0 Å². The zero-order valence-electron chi connectivity index (χ0n) is 10.3. The highest BCUT2D eigenvalue weighted by molar-refractivity contribution is 5.99. The number of fused-ring (bicyclic) bond motifs is 1. The van der Waals surface area contributed by atoms with E-state index in [-0.39, 0.29) is 19.3 Å². The van der Waals surface area contributed by atoms with E-state index in [4.69, 9.17) is 0 Å². The summed E-state index contributed by atoms with van der Waals surface area (Å²) in [5.41, 5.74) is -0.0176. The summed E-state index contributed by atoms with van der Waals surface area (Å²) in [6.45, 7) is 1.73. The van der Waals surface area contributed by atoms with E-state index in [1.54, 1.807) is 13.0 Å². The summed E-state index contributed by atoms with van der Waals surface area (Å²) in [5.74, 6) is -3.42. The van der Waals surface area contributed by atoms with Crippen molar-refractivity contribution in [1.82, 2.24) is 0 Å². The Balaban J connectivity index is 2.00. The molecule has 2 heterocycles. The molecule has 3 rings (SSSR count). The quantitative estimate of drug-likeness (QED) is 0.360. The van der Waals surface area contributed by atoms with E-state index in [9.17, 15) is 19.2 Å². The number of hydrogen-bond donors (Lipinski definition) is 0. The molecule has 0 aromatic rings. The smallest absolute Gasteiger partial charge is 0.321 e. The number of carbonyl (C=O) groups excluding carboxylic acids is 4. The van der Waals surface area contributed by atoms with Crippen molar-refractivity contribution >= 4 is 23.9 Å². The molecule has 3 aliphatic rings. The number of ether oxygens (including phenoxy) is 2. The van der Waals surface area contributed by atoms with Crippen molar-refractivity contribution in [3.63, 3.8) is 0 Å². The second kappa shape index (κ2) is 3.76. The molecule has 1 spiro atoms. The van der Waals surface area contributed by atoms with Gasteiger partial charge in [-0.25, -0.2) is 0 Å². The first-order valence-corrected chi connectivity index (χ1v) is 6.09. The van der Waals surface area contributed by atoms with Crippen LogP contribution in [0.3, 0.4) is 0 Å². The van der Waals surface area contributed by atoms with Gasteiger partial charge >= 0.3 is 23.9 Å². The third kappa shape index (κ3) is 1.78. The van der Waals surface area contributed by atoms with Crippen molar-refractivity contribution in [2.75, 3.05) is 0 Å². The number of hydrogen-bond acceptors (Lipinski definition) is 6. The topological polar surface area (TPSA) is 86.7 Å². The van der Waals surface area contributed by atoms with E-state index in [0.29, 0.717) is 5.57 Å². The van der Waals surface area contributed by atoms with E-state index < -0.39 is 41.1 Å². The lowest BCUT2D eigenvalue weighted by molar-refractivity contribution is -0.169. The molecule has 0 bridgehead atoms. The van der Waals surface area contributed by atoms with Gasteiger partial charge in [0.25, 0.3) is 0 Å². The summed E-state index contributed by atoms with van der Waals surface area (Å²) in [6, 6.07) is 0. The molecule has 0 amide bonds. The summed E-state index contributed by atoms with van der Waals surface area (Å²) < 4.78 is 9.16. The summed E-state index contributed by atoms with van der Waals surface area (Å²) in [4.78, 5) is 46.1. The first-order chi connectivity index (χ1) is 8.90. The molecule has 0 aromatic carbocycles. The molecule has 6 nitrogen and oxygen atoms in total. The van der Waals surface area contributed by atoms with Crippen molar-refractivity contribution in [2.24, 2.45) is 17.3 Å². The van der Waals surface area contributed by atoms with Crippen molar-refractivity contribution in [2.45, 2.75) is 26.2 Å². The predicted octanol–water partition coefficient (Wildman–Crippen LogP) is 0.502. The normalized spacial score (nSPS) is 32.8. The van der Waals surface area contributed by atoms with Crippen molar-refractivity contribution in [3.8, 4) is 0 Å². The number of cyclic esters (lactones) is 4. The van der Waals surface area contributed by atoms with Crippen LogP contribution >= 0.6 is 0 Å². The fourth-order valence-electron chi connectivity index (χ4n) is 3.40. The van der Waals surface area contributed by atoms with Gasteiger partial charge in [0.05, 0.1) is 24.7 Å². The van der Waals surface area contributed by atoms with Crippen LogP contribution in [0.15, 0.2) is 11.6 Å². The van der Waals surface area contributed by atoms with Gasteiger partial charge < -0.3 is 9.47 Å². The molecule has 0 radical (unpaired) electrons. The fraction of sp³-hybridized carbons (Fsp3) is 0.538. The van der Waals surface area contributed by atoms with E-state index in [2.05, 4.69) is 9.47 Å². The number of carbonyl (C=O) groups is 4. The van der Waals surface area contributed by atoms with Crippen LogP contribution in [0.1, 0.15) is 26.2 Å². The fourth-order valence-corrected chi connectivity index (χ4v) is 3.40. The van der Waals surface area contributed by atoms with Gasteiger partial charge in [0.1, 0.15) is 0 Å². The minimum atomic E-state index is -0.707. The molecule has 2 unspecified atom stereocenters. The highest BCUT2D eigenvalue weighted by Crippen LogP contribution is 2.49. The minimum Gasteiger partial charge on any atom is -0.393 e. The zero-order valence-corrected chi connectivity index (χ0v) is 10.3. The predicted molar refractivity (Wildman–Crippen MR) is 59.2 cm³/mol. The molecule has 2 saturated heterocycles. The average Bonchev–Trinajstić information content (AvgIpc) is 2.51. The van der Waals surface area contributed by atoms with Gasteiger partial charge in [0, 0.05) is 5.41 Å². The standard InChI is InChI=1S/C13H12O6/c1-6-2-13(4-8(14)18-9(15)5-13)3-7-10(6)12(17)19-11(7)16/h2,7,10H,3-5H2,1H3. The van der Waals surface area contributed by atoms with E-state index in [0.717, 1.165) is 0 Å². The Morgan fingerprint density at radius 2 is 1.68 bits per heavy atom. The van der Waals surface area contributed by atoms with E-state index in [1.165, 1.54) is 0 Å². The summed E-state index contributed by atoms with van der Waals surface area (Å²) in [5, 5.41) is 0. The van der Waals surface area contributed by atoms with Crippen LogP contribution in [-0.2, 0) is 28.7 Å². The second-order valence-corrected chi connectivity index (χ2v) is 5.48. The van der Waals surface area contributed by atoms with Crippen LogP contribution < -0.4 is 0 Å². The highest BCUT2D eigenvalue weighted by Gasteiger charge is 2.54. The molecule has 1 aliphatic carbocycles. The summed E-state index contributed by atoms with van der Waals surface area (Å²) in [7, 11) is 0. The highest BCUT2D eigenvalue weighted by atomic mass is 16.6. The zero-order chi connectivity index (χ0) is 13.8. The molecule has 2 atom stereocenters. The van der Waals surface area contributed by atoms with Crippen LogP contribution in [0.4, 0.5) is 0 Å². The lowest BCUT2D eigenvalue weighted by Gasteiger charge is -2.38. The first kappa shape index (κ1) is 12.1. The average molecular weight is 264 g/mol. The van der Waals surface area contributed by atoms with Gasteiger partial charge in [-0.3, -0.25) is 19.2 Å². The molecule has 100 valence electrons. The lowest BCUT2D eigenvalue weighted by atomic mass is 9.64. The number of rotatable bonds is 0. The third-order valence-electron chi connectivity index (χ3n) is 4.03. The largest absolute Gasteiger partial charge is 0.393 e. The molecule has 0 saturated carbocycles. The van der Waals surface area contributed by atoms with Crippen LogP contribution in [0.25, 0.3) is 0 Å². The van der Waals surface area contributed by atoms with E-state index >= 15 is 0 Å². The van der Waals surface area contributed by atoms with Crippen LogP contribution in [0, 0.1) is 17.3 Å². The molecule has 6 heteroatoms. The molecular formula is C13H12O6. The van der Waals surface area contributed by atoms with Gasteiger partial charge in [-0.05, 0) is 13.3 Å². The Labute approximate surface area is 108 Å². The maximum atomic E-state index is 11.7. The molecule has 0 aromatic heterocycles. The summed E-state index contributed by atoms with van der Waals surface area (Å²) >= 11 is 0. The van der Waals surface area contributed by atoms with Gasteiger partial charge in [-0.2, -0.15) is 0 Å². The van der Waals surface area contributed by atoms with Crippen molar-refractivity contribution < 1.29 is 28.7 Å². The Kier molecular flexibility index (Phi) is 2.39. The Bertz CT molecular complexity index is 527. The third-order valence-corrected chi connectivity index (χ3v) is 4.03. The van der Waals surface area contributed by atoms with Crippen LogP contribution in [0.5, 0.6) is 0 Å². The van der Waals surface area contributed by atoms with Crippen molar-refractivity contribution in [3.05, 3.63) is 11.6 Å². The van der Waals surface area contributed by atoms with E-state index in [1.807, 2.05) is 0 Å². The Morgan fingerprint density at radius 3 is 2.32 bits per heavy atom. The molecular weight excluding hydrogens is 252 g/mol. The van der Waals surface area contributed by atoms with Gasteiger partial charge in [0.15, 0.2) is 0 Å². The van der Waals surface area contributed by atoms with Crippen molar-refractivity contribution in [1.29, 1.82) is 0 Å². The maximum Gasteiger partial charge on any atom is 0.321 e. The monoisotopic (exact) mass is 264 g/mol. The van der Waals surface area contributed by atoms with Gasteiger partial charge in [-0.15, -0.1) is 0 Å². The first-order valence-electron chi connectivity index (χ1n) is 6.09. The van der Waals surface area contributed by atoms with Crippen LogP contribution in [-0.4, -0.2) is 23.9 Å². The van der Waals surface area contributed by atoms with Gasteiger partial charge in [-0.1, -0.05) is 11.6 Å². The lowest BCUT2D eigenvalue weighted by Crippen LogP contribution is -2.41. The number of allylic oxidation sites excluding steroid dienone is 1. The molecule has 19 heavy (non-hydrogen) atoms. The molecule has 0 N–H and O–H groups in total. The Hall–Kier alpha value is -1.98. The second-order valence-electron chi connectivity index (χ2n) is 5.48. The van der Waals surface area contributed by atoms with Gasteiger partial charge in [0.2, 0.25) is 0 Å².